The fourth-order valence-electron chi connectivity index (χ4n) is 1.92. The molecule has 1 aromatic rings. The maximum atomic E-state index is 12.9. The molecule has 0 spiro atoms. The number of aliphatic hydroxyl groups excluding tert-OH is 1. The number of anilines is 1. The predicted octanol–water partition coefficient (Wildman–Crippen LogP) is 4.68. The van der Waals surface area contributed by atoms with Crippen LogP contribution in [0.2, 0.25) is 0 Å². The highest BCUT2D eigenvalue weighted by Crippen LogP contribution is 2.36. The molecule has 6 heteroatoms. The van der Waals surface area contributed by atoms with Gasteiger partial charge in [-0.2, -0.15) is 13.2 Å². The van der Waals surface area contributed by atoms with Crippen molar-refractivity contribution >= 4 is 21.6 Å². The third-order valence-corrected chi connectivity index (χ3v) is 3.16. The highest BCUT2D eigenvalue weighted by atomic mass is 79.9. The van der Waals surface area contributed by atoms with Gasteiger partial charge >= 0.3 is 6.18 Å². The Morgan fingerprint density at radius 1 is 1.25 bits per heavy atom. The number of rotatable bonds is 4. The van der Waals surface area contributed by atoms with Gasteiger partial charge in [-0.05, 0) is 30.0 Å². The van der Waals surface area contributed by atoms with Crippen molar-refractivity contribution < 1.29 is 18.3 Å². The van der Waals surface area contributed by atoms with Gasteiger partial charge in [-0.25, -0.2) is 0 Å². The van der Waals surface area contributed by atoms with Gasteiger partial charge in [-0.3, -0.25) is 0 Å². The Hall–Kier alpha value is -0.750. The van der Waals surface area contributed by atoms with Crippen molar-refractivity contribution in [3.8, 4) is 0 Å². The van der Waals surface area contributed by atoms with E-state index in [-0.39, 0.29) is 17.6 Å². The van der Waals surface area contributed by atoms with Gasteiger partial charge in [-0.1, -0.05) is 36.7 Å². The summed E-state index contributed by atoms with van der Waals surface area (Å²) in [5.41, 5.74) is -0.839. The molecular weight excluding hydrogens is 335 g/mol. The van der Waals surface area contributed by atoms with Gasteiger partial charge in [0.05, 0.1) is 11.7 Å². The Balaban J connectivity index is 2.79. The van der Waals surface area contributed by atoms with Gasteiger partial charge in [0.1, 0.15) is 0 Å². The molecule has 1 atom stereocenters. The Labute approximate surface area is 125 Å². The predicted molar refractivity (Wildman–Crippen MR) is 77.7 cm³/mol. The molecule has 0 amide bonds. The van der Waals surface area contributed by atoms with Crippen LogP contribution >= 0.6 is 15.9 Å². The van der Waals surface area contributed by atoms with Gasteiger partial charge in [0, 0.05) is 16.7 Å². The lowest BCUT2D eigenvalue weighted by Gasteiger charge is -2.23. The van der Waals surface area contributed by atoms with Gasteiger partial charge in [-0.15, -0.1) is 0 Å². The number of hydrogen-bond donors (Lipinski definition) is 2. The summed E-state index contributed by atoms with van der Waals surface area (Å²) in [4.78, 5) is 0. The summed E-state index contributed by atoms with van der Waals surface area (Å²) in [6, 6.07) is 3.73. The molecule has 114 valence electrons. The van der Waals surface area contributed by atoms with Crippen molar-refractivity contribution in [2.75, 3.05) is 11.9 Å². The van der Waals surface area contributed by atoms with Crippen LogP contribution in [0.25, 0.3) is 0 Å². The number of benzene rings is 1. The van der Waals surface area contributed by atoms with E-state index in [0.717, 1.165) is 6.07 Å². The van der Waals surface area contributed by atoms with Gasteiger partial charge < -0.3 is 10.4 Å². The van der Waals surface area contributed by atoms with Crippen LogP contribution in [0.4, 0.5) is 18.9 Å². The molecule has 0 aliphatic carbocycles. The first-order chi connectivity index (χ1) is 8.99. The molecule has 0 aliphatic heterocycles. The number of aliphatic hydroxyl groups is 1. The Kier molecular flexibility index (Phi) is 5.49. The zero-order valence-corrected chi connectivity index (χ0v) is 13.3. The molecule has 0 saturated heterocycles. The highest BCUT2D eigenvalue weighted by molar-refractivity contribution is 9.10. The van der Waals surface area contributed by atoms with Crippen molar-refractivity contribution in [1.82, 2.24) is 0 Å². The summed E-state index contributed by atoms with van der Waals surface area (Å²) in [7, 11) is 0. The first kappa shape index (κ1) is 17.3. The van der Waals surface area contributed by atoms with E-state index >= 15 is 0 Å². The van der Waals surface area contributed by atoms with E-state index < -0.39 is 17.8 Å². The quantitative estimate of drug-likeness (QED) is 0.823. The average molecular weight is 354 g/mol. The third kappa shape index (κ3) is 5.71. The lowest BCUT2D eigenvalue weighted by atomic mass is 9.89. The fourth-order valence-corrected chi connectivity index (χ4v) is 2.28. The molecule has 0 aromatic heterocycles. The van der Waals surface area contributed by atoms with E-state index in [1.54, 1.807) is 0 Å². The average Bonchev–Trinajstić information content (AvgIpc) is 2.22. The Morgan fingerprint density at radius 3 is 2.35 bits per heavy atom. The second kappa shape index (κ2) is 6.35. The molecular formula is C14H19BrF3NO. The van der Waals surface area contributed by atoms with Gasteiger partial charge in [0.15, 0.2) is 0 Å². The maximum absolute atomic E-state index is 12.9. The minimum absolute atomic E-state index is 0.0279. The smallest absolute Gasteiger partial charge is 0.391 e. The van der Waals surface area contributed by atoms with Crippen LogP contribution in [-0.4, -0.2) is 17.8 Å². The standard InChI is InChI=1S/C14H19BrF3NO/c1-13(2,3)7-10(20)8-19-12-6-9(15)4-5-11(12)14(16,17)18/h4-6,10,19-20H,7-8H2,1-3H3. The first-order valence-corrected chi connectivity index (χ1v) is 7.07. The highest BCUT2D eigenvalue weighted by Gasteiger charge is 2.33. The Morgan fingerprint density at radius 2 is 1.85 bits per heavy atom. The lowest BCUT2D eigenvalue weighted by molar-refractivity contribution is -0.137. The van der Waals surface area contributed by atoms with Crippen LogP contribution in [0.5, 0.6) is 0 Å². The second-order valence-corrected chi connectivity index (χ2v) is 6.90. The number of hydrogen-bond acceptors (Lipinski definition) is 2. The lowest BCUT2D eigenvalue weighted by Crippen LogP contribution is -2.26. The fraction of sp³-hybridized carbons (Fsp3) is 0.571. The van der Waals surface area contributed by atoms with E-state index in [9.17, 15) is 18.3 Å². The molecule has 0 bridgehead atoms. The van der Waals surface area contributed by atoms with Crippen LogP contribution in [0, 0.1) is 5.41 Å². The summed E-state index contributed by atoms with van der Waals surface area (Å²) in [6.45, 7) is 5.99. The molecule has 0 saturated carbocycles. The van der Waals surface area contributed by atoms with Crippen LogP contribution in [0.3, 0.4) is 0 Å². The van der Waals surface area contributed by atoms with Crippen molar-refractivity contribution in [3.63, 3.8) is 0 Å². The van der Waals surface area contributed by atoms with E-state index in [0.29, 0.717) is 10.9 Å². The van der Waals surface area contributed by atoms with E-state index in [4.69, 9.17) is 0 Å². The minimum atomic E-state index is -4.42. The molecule has 2 N–H and O–H groups in total. The molecule has 1 aromatic carbocycles. The topological polar surface area (TPSA) is 32.3 Å². The summed E-state index contributed by atoms with van der Waals surface area (Å²) >= 11 is 3.15. The molecule has 0 heterocycles. The second-order valence-electron chi connectivity index (χ2n) is 5.99. The van der Waals surface area contributed by atoms with Crippen molar-refractivity contribution in [2.24, 2.45) is 5.41 Å². The summed E-state index contributed by atoms with van der Waals surface area (Å²) in [5.74, 6) is 0. The molecule has 1 unspecified atom stereocenters. The maximum Gasteiger partial charge on any atom is 0.418 e. The zero-order valence-electron chi connectivity index (χ0n) is 11.7. The van der Waals surface area contributed by atoms with Crippen molar-refractivity contribution in [3.05, 3.63) is 28.2 Å². The third-order valence-electron chi connectivity index (χ3n) is 2.66. The van der Waals surface area contributed by atoms with Gasteiger partial charge in [0.25, 0.3) is 0 Å². The number of halogens is 4. The van der Waals surface area contributed by atoms with Crippen molar-refractivity contribution in [1.29, 1.82) is 0 Å². The van der Waals surface area contributed by atoms with Gasteiger partial charge in [0.2, 0.25) is 0 Å². The molecule has 2 nitrogen and oxygen atoms in total. The van der Waals surface area contributed by atoms with Crippen LogP contribution < -0.4 is 5.32 Å². The normalized spacial score (nSPS) is 14.2. The van der Waals surface area contributed by atoms with Crippen LogP contribution in [0.15, 0.2) is 22.7 Å². The van der Waals surface area contributed by atoms with E-state index in [2.05, 4.69) is 21.2 Å². The monoisotopic (exact) mass is 353 g/mol. The summed E-state index contributed by atoms with van der Waals surface area (Å²) < 4.78 is 39.1. The first-order valence-electron chi connectivity index (χ1n) is 6.28. The molecule has 0 fully saturated rings. The molecule has 1 rings (SSSR count). The largest absolute Gasteiger partial charge is 0.418 e. The summed E-state index contributed by atoms with van der Waals surface area (Å²) in [5, 5.41) is 12.5. The number of nitrogens with one attached hydrogen (secondary N) is 1. The number of alkyl halides is 3. The van der Waals surface area contributed by atoms with E-state index in [1.807, 2.05) is 20.8 Å². The van der Waals surface area contributed by atoms with E-state index in [1.165, 1.54) is 12.1 Å². The van der Waals surface area contributed by atoms with Crippen LogP contribution in [-0.2, 0) is 6.18 Å². The minimum Gasteiger partial charge on any atom is -0.391 e. The molecule has 0 aliphatic rings. The van der Waals surface area contributed by atoms with Crippen molar-refractivity contribution in [2.45, 2.75) is 39.5 Å². The SMILES string of the molecule is CC(C)(C)CC(O)CNc1cc(Br)ccc1C(F)(F)F. The molecule has 20 heavy (non-hydrogen) atoms. The van der Waals surface area contributed by atoms with Crippen LogP contribution in [0.1, 0.15) is 32.8 Å². The zero-order chi connectivity index (χ0) is 15.6. The summed E-state index contributed by atoms with van der Waals surface area (Å²) in [6.07, 6.45) is -4.61. The Bertz CT molecular complexity index is 455. The molecule has 0 radical (unpaired) electrons.